The molecule has 0 fully saturated rings. The number of rotatable bonds is 6. The molecule has 184 valence electrons. The van der Waals surface area contributed by atoms with Gasteiger partial charge in [-0.2, -0.15) is 26.3 Å². The highest BCUT2D eigenvalue weighted by Gasteiger charge is 2.37. The molecule has 4 nitrogen and oxygen atoms in total. The van der Waals surface area contributed by atoms with Gasteiger partial charge < -0.3 is 10.1 Å². The number of ether oxygens (including phenoxy) is 1. The predicted molar refractivity (Wildman–Crippen MR) is 115 cm³/mol. The Hall–Kier alpha value is -3.82. The van der Waals surface area contributed by atoms with E-state index in [9.17, 15) is 35.9 Å². The van der Waals surface area contributed by atoms with Crippen LogP contribution in [0.25, 0.3) is 11.1 Å². The van der Waals surface area contributed by atoms with E-state index in [1.54, 1.807) is 24.3 Å². The molecule has 3 rings (SSSR count). The van der Waals surface area contributed by atoms with Crippen molar-refractivity contribution in [3.8, 4) is 11.1 Å². The Morgan fingerprint density at radius 1 is 0.800 bits per heavy atom. The second-order valence-corrected chi connectivity index (χ2v) is 7.61. The molecule has 1 atom stereocenters. The minimum absolute atomic E-state index is 0.0805. The number of nitrogens with one attached hydrogen (secondary N) is 1. The molecule has 0 unspecified atom stereocenters. The van der Waals surface area contributed by atoms with Crippen molar-refractivity contribution in [3.05, 3.63) is 95.1 Å². The Bertz CT molecular complexity index is 1160. The smallest absolute Gasteiger partial charge is 0.416 e. The normalized spacial score (nSPS) is 12.7. The monoisotopic (exact) mass is 495 g/mol. The zero-order valence-corrected chi connectivity index (χ0v) is 18.2. The zero-order chi connectivity index (χ0) is 25.8. The molecule has 0 aliphatic rings. The number of carbonyl (C=O) groups is 2. The molecule has 3 aromatic carbocycles. The van der Waals surface area contributed by atoms with Gasteiger partial charge in [0.25, 0.3) is 5.91 Å². The van der Waals surface area contributed by atoms with E-state index in [-0.39, 0.29) is 12.5 Å². The highest BCUT2D eigenvalue weighted by molar-refractivity contribution is 5.97. The zero-order valence-electron chi connectivity index (χ0n) is 18.2. The standard InChI is InChI=1S/C25H19F6NO3/c1-35-23(34)21(11-15-7-9-17(10-8-15)16-5-3-2-4-6-16)32-22(33)18-12-19(24(26,27)28)14-20(13-18)25(29,30)31/h2-10,12-14,21H,11H2,1H3,(H,32,33)/t21-/m0/s1. The second-order valence-electron chi connectivity index (χ2n) is 7.61. The van der Waals surface area contributed by atoms with Gasteiger partial charge >= 0.3 is 18.3 Å². The summed E-state index contributed by atoms with van der Waals surface area (Å²) in [6.07, 6.45) is -10.3. The molecular formula is C25H19F6NO3. The Morgan fingerprint density at radius 3 is 1.80 bits per heavy atom. The summed E-state index contributed by atoms with van der Waals surface area (Å²) in [5.74, 6) is -2.19. The van der Waals surface area contributed by atoms with E-state index >= 15 is 0 Å². The first kappa shape index (κ1) is 25.8. The van der Waals surface area contributed by atoms with Crippen molar-refractivity contribution in [3.63, 3.8) is 0 Å². The van der Waals surface area contributed by atoms with Crippen molar-refractivity contribution in [2.45, 2.75) is 24.8 Å². The highest BCUT2D eigenvalue weighted by atomic mass is 19.4. The van der Waals surface area contributed by atoms with Gasteiger partial charge in [0, 0.05) is 12.0 Å². The lowest BCUT2D eigenvalue weighted by Crippen LogP contribution is -2.43. The van der Waals surface area contributed by atoms with Crippen molar-refractivity contribution in [2.24, 2.45) is 0 Å². The lowest BCUT2D eigenvalue weighted by Gasteiger charge is -2.18. The van der Waals surface area contributed by atoms with Crippen LogP contribution in [0, 0.1) is 0 Å². The predicted octanol–water partition coefficient (Wildman–Crippen LogP) is 5.91. The number of alkyl halides is 6. The van der Waals surface area contributed by atoms with Gasteiger partial charge in [-0.25, -0.2) is 4.79 Å². The molecule has 0 radical (unpaired) electrons. The summed E-state index contributed by atoms with van der Waals surface area (Å²) in [6, 6.07) is 15.5. The summed E-state index contributed by atoms with van der Waals surface area (Å²) < 4.78 is 83.3. The quantitative estimate of drug-likeness (QED) is 0.342. The topological polar surface area (TPSA) is 55.4 Å². The summed E-state index contributed by atoms with van der Waals surface area (Å²) >= 11 is 0. The van der Waals surface area contributed by atoms with Crippen LogP contribution in [0.3, 0.4) is 0 Å². The van der Waals surface area contributed by atoms with Gasteiger partial charge in [0.15, 0.2) is 0 Å². The van der Waals surface area contributed by atoms with Gasteiger partial charge in [0.05, 0.1) is 18.2 Å². The van der Waals surface area contributed by atoms with Crippen LogP contribution in [0.15, 0.2) is 72.8 Å². The summed E-state index contributed by atoms with van der Waals surface area (Å²) in [5.41, 5.74) is -1.74. The maximum Gasteiger partial charge on any atom is 0.416 e. The molecule has 35 heavy (non-hydrogen) atoms. The van der Waals surface area contributed by atoms with Crippen molar-refractivity contribution in [1.82, 2.24) is 5.32 Å². The largest absolute Gasteiger partial charge is 0.467 e. The van der Waals surface area contributed by atoms with Crippen molar-refractivity contribution in [2.75, 3.05) is 7.11 Å². The fourth-order valence-electron chi connectivity index (χ4n) is 3.36. The number of amides is 1. The Balaban J connectivity index is 1.85. The lowest BCUT2D eigenvalue weighted by atomic mass is 10.00. The third kappa shape index (κ3) is 6.62. The Labute approximate surface area is 196 Å². The molecule has 3 aromatic rings. The molecule has 0 saturated heterocycles. The minimum atomic E-state index is -5.11. The van der Waals surface area contributed by atoms with Crippen LogP contribution in [0.5, 0.6) is 0 Å². The number of hydrogen-bond donors (Lipinski definition) is 1. The number of benzene rings is 3. The van der Waals surface area contributed by atoms with E-state index in [2.05, 4.69) is 10.1 Å². The third-order valence-corrected chi connectivity index (χ3v) is 5.14. The number of carbonyl (C=O) groups excluding carboxylic acids is 2. The Kier molecular flexibility index (Phi) is 7.52. The van der Waals surface area contributed by atoms with Crippen molar-refractivity contribution < 1.29 is 40.7 Å². The number of halogens is 6. The molecule has 10 heteroatoms. The first-order chi connectivity index (χ1) is 16.4. The van der Waals surface area contributed by atoms with Crippen LogP contribution >= 0.6 is 0 Å². The molecule has 0 aliphatic carbocycles. The molecule has 0 heterocycles. The number of esters is 1. The summed E-state index contributed by atoms with van der Waals surface area (Å²) in [6.45, 7) is 0. The number of hydrogen-bond acceptors (Lipinski definition) is 3. The summed E-state index contributed by atoms with van der Waals surface area (Å²) in [4.78, 5) is 24.8. The molecule has 0 bridgehead atoms. The van der Waals surface area contributed by atoms with E-state index in [1.807, 2.05) is 30.3 Å². The molecule has 1 amide bonds. The van der Waals surface area contributed by atoms with Crippen LogP contribution < -0.4 is 5.32 Å². The molecule has 0 aliphatic heterocycles. The average molecular weight is 495 g/mol. The SMILES string of the molecule is COC(=O)[C@H](Cc1ccc(-c2ccccc2)cc1)NC(=O)c1cc(C(F)(F)F)cc(C(F)(F)F)c1. The Morgan fingerprint density at radius 2 is 1.31 bits per heavy atom. The first-order valence-corrected chi connectivity index (χ1v) is 10.2. The molecule has 0 saturated carbocycles. The van der Waals surface area contributed by atoms with Crippen LogP contribution in [0.4, 0.5) is 26.3 Å². The van der Waals surface area contributed by atoms with Crippen molar-refractivity contribution >= 4 is 11.9 Å². The van der Waals surface area contributed by atoms with E-state index in [0.717, 1.165) is 18.2 Å². The van der Waals surface area contributed by atoms with Crippen LogP contribution in [0.1, 0.15) is 27.0 Å². The third-order valence-electron chi connectivity index (χ3n) is 5.14. The molecular weight excluding hydrogens is 476 g/mol. The number of methoxy groups -OCH3 is 1. The molecule has 1 N–H and O–H groups in total. The van der Waals surface area contributed by atoms with Gasteiger partial charge in [-0.1, -0.05) is 54.6 Å². The summed E-state index contributed by atoms with van der Waals surface area (Å²) in [5, 5.41) is 2.19. The maximum absolute atomic E-state index is 13.1. The van der Waals surface area contributed by atoms with Gasteiger partial charge in [0.2, 0.25) is 0 Å². The van der Waals surface area contributed by atoms with Gasteiger partial charge in [-0.05, 0) is 34.9 Å². The van der Waals surface area contributed by atoms with E-state index in [4.69, 9.17) is 0 Å². The van der Waals surface area contributed by atoms with Gasteiger partial charge in [-0.3, -0.25) is 4.79 Å². The average Bonchev–Trinajstić information content (AvgIpc) is 2.82. The van der Waals surface area contributed by atoms with Crippen molar-refractivity contribution in [1.29, 1.82) is 0 Å². The fraction of sp³-hybridized carbons (Fsp3) is 0.200. The van der Waals surface area contributed by atoms with Gasteiger partial charge in [0.1, 0.15) is 6.04 Å². The first-order valence-electron chi connectivity index (χ1n) is 10.2. The van der Waals surface area contributed by atoms with Gasteiger partial charge in [-0.15, -0.1) is 0 Å². The van der Waals surface area contributed by atoms with Crippen LogP contribution in [0.2, 0.25) is 0 Å². The van der Waals surface area contributed by atoms with Crippen LogP contribution in [-0.4, -0.2) is 25.0 Å². The minimum Gasteiger partial charge on any atom is -0.467 e. The molecule has 0 aromatic heterocycles. The highest BCUT2D eigenvalue weighted by Crippen LogP contribution is 2.36. The molecule has 0 spiro atoms. The maximum atomic E-state index is 13.1. The lowest BCUT2D eigenvalue weighted by molar-refractivity contribution is -0.144. The van der Waals surface area contributed by atoms with Crippen LogP contribution in [-0.2, 0) is 28.3 Å². The van der Waals surface area contributed by atoms with E-state index < -0.39 is 47.0 Å². The fourth-order valence-corrected chi connectivity index (χ4v) is 3.36. The van der Waals surface area contributed by atoms with E-state index in [1.165, 1.54) is 0 Å². The summed E-state index contributed by atoms with van der Waals surface area (Å²) in [7, 11) is 1.05. The van der Waals surface area contributed by atoms with E-state index in [0.29, 0.717) is 17.7 Å². The second kappa shape index (κ2) is 10.2.